The molecule has 0 radical (unpaired) electrons. The summed E-state index contributed by atoms with van der Waals surface area (Å²) in [4.78, 5) is 9.87. The van der Waals surface area contributed by atoms with Crippen LogP contribution in [0.2, 0.25) is 0 Å². The lowest BCUT2D eigenvalue weighted by atomic mass is 10.3. The first-order chi connectivity index (χ1) is 5.93. The van der Waals surface area contributed by atoms with Crippen molar-refractivity contribution in [3.63, 3.8) is 0 Å². The molecule has 1 heterocycles. The van der Waals surface area contributed by atoms with Crippen molar-refractivity contribution < 1.29 is 4.79 Å². The second kappa shape index (κ2) is 8.43. The molecule has 0 amide bonds. The van der Waals surface area contributed by atoms with Gasteiger partial charge >= 0.3 is 0 Å². The van der Waals surface area contributed by atoms with E-state index in [2.05, 4.69) is 10.7 Å². The third-order valence-corrected chi connectivity index (χ3v) is 1.87. The van der Waals surface area contributed by atoms with Gasteiger partial charge in [-0.15, -0.1) is 0 Å². The molecule has 12 heavy (non-hydrogen) atoms. The van der Waals surface area contributed by atoms with Crippen molar-refractivity contribution in [1.29, 1.82) is 0 Å². The van der Waals surface area contributed by atoms with E-state index in [0.717, 1.165) is 12.8 Å². The molecule has 0 aliphatic carbocycles. The molecular formula is C9H15NOS. The number of carbonyl (C=O) groups is 1. The summed E-state index contributed by atoms with van der Waals surface area (Å²) < 4.78 is 0. The molecule has 0 saturated heterocycles. The molecule has 0 spiro atoms. The van der Waals surface area contributed by atoms with E-state index in [1.165, 1.54) is 5.56 Å². The molecule has 3 heteroatoms. The predicted molar refractivity (Wildman–Crippen MR) is 53.4 cm³/mol. The van der Waals surface area contributed by atoms with Crippen molar-refractivity contribution in [3.8, 4) is 0 Å². The van der Waals surface area contributed by atoms with Gasteiger partial charge in [-0.05, 0) is 22.4 Å². The maximum absolute atomic E-state index is 9.87. The number of carbonyl (C=O) groups excluding carboxylic acids is 1. The SMILES string of the molecule is CC.O=CCNCc1ccsc1. The van der Waals surface area contributed by atoms with Crippen LogP contribution in [0.15, 0.2) is 16.8 Å². The Morgan fingerprint density at radius 3 is 2.83 bits per heavy atom. The van der Waals surface area contributed by atoms with Gasteiger partial charge in [-0.25, -0.2) is 0 Å². The van der Waals surface area contributed by atoms with E-state index < -0.39 is 0 Å². The standard InChI is InChI=1S/C7H9NOS.C2H6/c9-3-2-8-5-7-1-4-10-6-7;1-2/h1,3-4,6,8H,2,5H2;1-2H3. The van der Waals surface area contributed by atoms with Gasteiger partial charge in [-0.1, -0.05) is 13.8 Å². The van der Waals surface area contributed by atoms with Crippen LogP contribution in [0, 0.1) is 0 Å². The van der Waals surface area contributed by atoms with Crippen molar-refractivity contribution in [2.45, 2.75) is 20.4 Å². The summed E-state index contributed by atoms with van der Waals surface area (Å²) in [5, 5.41) is 7.07. The van der Waals surface area contributed by atoms with Gasteiger partial charge in [0.2, 0.25) is 0 Å². The molecule has 0 fully saturated rings. The number of hydrogen-bond acceptors (Lipinski definition) is 3. The van der Waals surface area contributed by atoms with Gasteiger partial charge in [0.25, 0.3) is 0 Å². The summed E-state index contributed by atoms with van der Waals surface area (Å²) in [6.45, 7) is 5.23. The first kappa shape index (κ1) is 11.3. The lowest BCUT2D eigenvalue weighted by molar-refractivity contribution is -0.107. The molecule has 68 valence electrons. The van der Waals surface area contributed by atoms with E-state index in [-0.39, 0.29) is 0 Å². The van der Waals surface area contributed by atoms with Crippen molar-refractivity contribution in [2.24, 2.45) is 0 Å². The Morgan fingerprint density at radius 2 is 2.33 bits per heavy atom. The van der Waals surface area contributed by atoms with Crippen LogP contribution in [0.25, 0.3) is 0 Å². The molecule has 1 aromatic heterocycles. The Balaban J connectivity index is 0.000000561. The van der Waals surface area contributed by atoms with Gasteiger partial charge in [0, 0.05) is 6.54 Å². The fourth-order valence-electron chi connectivity index (χ4n) is 0.669. The summed E-state index contributed by atoms with van der Waals surface area (Å²) >= 11 is 1.67. The average molecular weight is 185 g/mol. The molecule has 1 rings (SSSR count). The predicted octanol–water partition coefficient (Wildman–Crippen LogP) is 2.06. The average Bonchev–Trinajstić information content (AvgIpc) is 2.61. The van der Waals surface area contributed by atoms with E-state index in [1.54, 1.807) is 11.3 Å². The number of nitrogens with one attached hydrogen (secondary N) is 1. The zero-order valence-corrected chi connectivity index (χ0v) is 8.36. The second-order valence-electron chi connectivity index (χ2n) is 1.93. The van der Waals surface area contributed by atoms with Gasteiger partial charge in [0.05, 0.1) is 6.54 Å². The summed E-state index contributed by atoms with van der Waals surface area (Å²) in [5.41, 5.74) is 1.24. The molecule has 1 aromatic rings. The number of hydrogen-bond donors (Lipinski definition) is 1. The van der Waals surface area contributed by atoms with Crippen molar-refractivity contribution in [2.75, 3.05) is 6.54 Å². The normalized spacial score (nSPS) is 8.50. The van der Waals surface area contributed by atoms with E-state index in [1.807, 2.05) is 25.3 Å². The third-order valence-electron chi connectivity index (χ3n) is 1.14. The minimum Gasteiger partial charge on any atom is -0.306 e. The summed E-state index contributed by atoms with van der Waals surface area (Å²) in [6.07, 6.45) is 0.867. The Labute approximate surface area is 77.6 Å². The molecule has 0 bridgehead atoms. The zero-order valence-electron chi connectivity index (χ0n) is 7.54. The van der Waals surface area contributed by atoms with Crippen LogP contribution in [0.1, 0.15) is 19.4 Å². The van der Waals surface area contributed by atoms with Gasteiger partial charge in [0.1, 0.15) is 6.29 Å². The summed E-state index contributed by atoms with van der Waals surface area (Å²) in [6, 6.07) is 2.04. The molecule has 0 atom stereocenters. The quantitative estimate of drug-likeness (QED) is 0.574. The lowest BCUT2D eigenvalue weighted by Gasteiger charge is -1.94. The van der Waals surface area contributed by atoms with Crippen LogP contribution >= 0.6 is 11.3 Å². The highest BCUT2D eigenvalue weighted by atomic mass is 32.1. The number of thiophene rings is 1. The highest BCUT2D eigenvalue weighted by Crippen LogP contribution is 2.04. The third kappa shape index (κ3) is 5.04. The molecule has 0 aliphatic heterocycles. The smallest absolute Gasteiger partial charge is 0.133 e. The minimum absolute atomic E-state index is 0.440. The molecule has 0 saturated carbocycles. The minimum atomic E-state index is 0.440. The highest BCUT2D eigenvalue weighted by Gasteiger charge is 1.89. The van der Waals surface area contributed by atoms with Crippen molar-refractivity contribution >= 4 is 17.6 Å². The maximum atomic E-state index is 9.87. The largest absolute Gasteiger partial charge is 0.306 e. The fraction of sp³-hybridized carbons (Fsp3) is 0.444. The Bertz CT molecular complexity index is 184. The molecule has 2 nitrogen and oxygen atoms in total. The monoisotopic (exact) mass is 185 g/mol. The molecule has 1 N–H and O–H groups in total. The van der Waals surface area contributed by atoms with Crippen molar-refractivity contribution in [3.05, 3.63) is 22.4 Å². The van der Waals surface area contributed by atoms with E-state index in [4.69, 9.17) is 0 Å². The fourth-order valence-corrected chi connectivity index (χ4v) is 1.34. The van der Waals surface area contributed by atoms with Crippen LogP contribution in [-0.2, 0) is 11.3 Å². The van der Waals surface area contributed by atoms with E-state index in [9.17, 15) is 4.79 Å². The molecule has 0 unspecified atom stereocenters. The maximum Gasteiger partial charge on any atom is 0.133 e. The lowest BCUT2D eigenvalue weighted by Crippen LogP contribution is -2.14. The van der Waals surface area contributed by atoms with Gasteiger partial charge in [0.15, 0.2) is 0 Å². The summed E-state index contributed by atoms with van der Waals surface area (Å²) in [5.74, 6) is 0. The number of aldehydes is 1. The van der Waals surface area contributed by atoms with Crippen LogP contribution in [-0.4, -0.2) is 12.8 Å². The first-order valence-corrected chi connectivity index (χ1v) is 5.03. The van der Waals surface area contributed by atoms with Crippen molar-refractivity contribution in [1.82, 2.24) is 5.32 Å². The van der Waals surface area contributed by atoms with Gasteiger partial charge in [-0.3, -0.25) is 0 Å². The molecular weight excluding hydrogens is 170 g/mol. The van der Waals surface area contributed by atoms with Crippen LogP contribution in [0.3, 0.4) is 0 Å². The second-order valence-corrected chi connectivity index (χ2v) is 2.71. The van der Waals surface area contributed by atoms with Crippen LogP contribution < -0.4 is 5.32 Å². The topological polar surface area (TPSA) is 29.1 Å². The zero-order chi connectivity index (χ0) is 9.23. The van der Waals surface area contributed by atoms with Crippen LogP contribution in [0.4, 0.5) is 0 Å². The highest BCUT2D eigenvalue weighted by molar-refractivity contribution is 7.07. The summed E-state index contributed by atoms with van der Waals surface area (Å²) in [7, 11) is 0. The Morgan fingerprint density at radius 1 is 1.58 bits per heavy atom. The van der Waals surface area contributed by atoms with Gasteiger partial charge in [-0.2, -0.15) is 11.3 Å². The Kier molecular flexibility index (Phi) is 7.96. The molecule has 0 aromatic carbocycles. The number of rotatable bonds is 4. The Hall–Kier alpha value is -0.670. The van der Waals surface area contributed by atoms with Gasteiger partial charge < -0.3 is 10.1 Å². The first-order valence-electron chi connectivity index (χ1n) is 4.09. The van der Waals surface area contributed by atoms with E-state index in [0.29, 0.717) is 6.54 Å². The van der Waals surface area contributed by atoms with E-state index >= 15 is 0 Å². The molecule has 0 aliphatic rings. The van der Waals surface area contributed by atoms with Crippen LogP contribution in [0.5, 0.6) is 0 Å².